The lowest BCUT2D eigenvalue weighted by molar-refractivity contribution is 0.0324. The van der Waals surface area contributed by atoms with Crippen molar-refractivity contribution in [1.29, 1.82) is 0 Å². The second-order valence-electron chi connectivity index (χ2n) is 5.36. The molecule has 0 aliphatic carbocycles. The van der Waals surface area contributed by atoms with Crippen LogP contribution in [0.15, 0.2) is 12.3 Å². The van der Waals surface area contributed by atoms with Crippen LogP contribution < -0.4 is 11.1 Å². The van der Waals surface area contributed by atoms with Crippen LogP contribution in [0, 0.1) is 0 Å². The molecular formula is C13H24N4O2. The highest BCUT2D eigenvalue weighted by atomic mass is 16.3. The fraction of sp³-hybridized carbons (Fsp3) is 0.615. The molecule has 0 bridgehead atoms. The average Bonchev–Trinajstić information content (AvgIpc) is 2.66. The SMILES string of the molecule is CCn1cc(N)cc1C(=O)NCC(C)(O)CN(C)C. The van der Waals surface area contributed by atoms with Gasteiger partial charge >= 0.3 is 0 Å². The van der Waals surface area contributed by atoms with Gasteiger partial charge in [-0.3, -0.25) is 4.79 Å². The maximum Gasteiger partial charge on any atom is 0.268 e. The number of anilines is 1. The fourth-order valence-electron chi connectivity index (χ4n) is 2.08. The third kappa shape index (κ3) is 4.57. The molecule has 19 heavy (non-hydrogen) atoms. The van der Waals surface area contributed by atoms with Crippen LogP contribution in [-0.2, 0) is 6.54 Å². The first-order valence-electron chi connectivity index (χ1n) is 6.36. The molecular weight excluding hydrogens is 244 g/mol. The van der Waals surface area contributed by atoms with Gasteiger partial charge in [-0.15, -0.1) is 0 Å². The van der Waals surface area contributed by atoms with Crippen LogP contribution >= 0.6 is 0 Å². The molecule has 6 nitrogen and oxygen atoms in total. The smallest absolute Gasteiger partial charge is 0.268 e. The monoisotopic (exact) mass is 268 g/mol. The van der Waals surface area contributed by atoms with E-state index in [4.69, 9.17) is 5.73 Å². The van der Waals surface area contributed by atoms with E-state index in [-0.39, 0.29) is 12.5 Å². The van der Waals surface area contributed by atoms with Crippen LogP contribution in [0.3, 0.4) is 0 Å². The Labute approximate surface area is 114 Å². The minimum Gasteiger partial charge on any atom is -0.397 e. The van der Waals surface area contributed by atoms with E-state index in [2.05, 4.69) is 5.32 Å². The zero-order valence-electron chi connectivity index (χ0n) is 12.1. The lowest BCUT2D eigenvalue weighted by Gasteiger charge is -2.27. The van der Waals surface area contributed by atoms with Gasteiger partial charge in [0.2, 0.25) is 0 Å². The Hall–Kier alpha value is -1.53. The molecule has 0 spiro atoms. The van der Waals surface area contributed by atoms with Crippen LogP contribution in [0.2, 0.25) is 0 Å². The number of carbonyl (C=O) groups is 1. The van der Waals surface area contributed by atoms with Gasteiger partial charge in [0.15, 0.2) is 0 Å². The van der Waals surface area contributed by atoms with E-state index < -0.39 is 5.60 Å². The van der Waals surface area contributed by atoms with Gasteiger partial charge in [-0.25, -0.2) is 0 Å². The first-order valence-corrected chi connectivity index (χ1v) is 6.36. The summed E-state index contributed by atoms with van der Waals surface area (Å²) in [5.74, 6) is -0.224. The van der Waals surface area contributed by atoms with Crippen molar-refractivity contribution in [2.75, 3.05) is 32.9 Å². The maximum absolute atomic E-state index is 12.1. The van der Waals surface area contributed by atoms with Crippen molar-refractivity contribution < 1.29 is 9.90 Å². The number of hydrogen-bond donors (Lipinski definition) is 3. The van der Waals surface area contributed by atoms with Crippen molar-refractivity contribution >= 4 is 11.6 Å². The largest absolute Gasteiger partial charge is 0.397 e. The summed E-state index contributed by atoms with van der Waals surface area (Å²) < 4.78 is 1.78. The van der Waals surface area contributed by atoms with Gasteiger partial charge in [0.05, 0.1) is 11.3 Å². The van der Waals surface area contributed by atoms with E-state index in [0.29, 0.717) is 24.5 Å². The van der Waals surface area contributed by atoms with E-state index in [0.717, 1.165) is 0 Å². The van der Waals surface area contributed by atoms with Gasteiger partial charge in [-0.1, -0.05) is 0 Å². The third-order valence-corrected chi connectivity index (χ3v) is 2.78. The number of aromatic nitrogens is 1. The number of aryl methyl sites for hydroxylation is 1. The lowest BCUT2D eigenvalue weighted by atomic mass is 10.1. The topological polar surface area (TPSA) is 83.5 Å². The number of nitrogen functional groups attached to an aromatic ring is 1. The summed E-state index contributed by atoms with van der Waals surface area (Å²) in [7, 11) is 3.75. The molecule has 0 aliphatic rings. The van der Waals surface area contributed by atoms with Crippen LogP contribution in [0.5, 0.6) is 0 Å². The first kappa shape index (κ1) is 15.5. The summed E-state index contributed by atoms with van der Waals surface area (Å²) in [6.45, 7) is 4.98. The molecule has 1 heterocycles. The molecule has 0 fully saturated rings. The van der Waals surface area contributed by atoms with Crippen molar-refractivity contribution in [3.05, 3.63) is 18.0 Å². The molecule has 1 aromatic heterocycles. The highest BCUT2D eigenvalue weighted by molar-refractivity contribution is 5.93. The molecule has 0 saturated carbocycles. The second-order valence-corrected chi connectivity index (χ2v) is 5.36. The van der Waals surface area contributed by atoms with E-state index >= 15 is 0 Å². The standard InChI is InChI=1S/C13H24N4O2/c1-5-17-7-10(14)6-11(17)12(18)15-8-13(2,19)9-16(3)4/h6-7,19H,5,8-9,14H2,1-4H3,(H,15,18). The van der Waals surface area contributed by atoms with E-state index in [9.17, 15) is 9.90 Å². The quantitative estimate of drug-likeness (QED) is 0.685. The van der Waals surface area contributed by atoms with E-state index in [1.165, 1.54) is 0 Å². The molecule has 1 aromatic rings. The molecule has 1 amide bonds. The number of aliphatic hydroxyl groups is 1. The Balaban J connectivity index is 2.65. The molecule has 4 N–H and O–H groups in total. The summed E-state index contributed by atoms with van der Waals surface area (Å²) >= 11 is 0. The van der Waals surface area contributed by atoms with Gasteiger partial charge in [0.1, 0.15) is 5.69 Å². The number of amides is 1. The zero-order chi connectivity index (χ0) is 14.6. The molecule has 0 aliphatic heterocycles. The summed E-state index contributed by atoms with van der Waals surface area (Å²) in [6.07, 6.45) is 1.73. The minimum absolute atomic E-state index is 0.193. The summed E-state index contributed by atoms with van der Waals surface area (Å²) in [5, 5.41) is 12.9. The van der Waals surface area contributed by atoms with E-state index in [1.807, 2.05) is 25.9 Å². The fourth-order valence-corrected chi connectivity index (χ4v) is 2.08. The number of nitrogens with two attached hydrogens (primary N) is 1. The molecule has 1 atom stereocenters. The lowest BCUT2D eigenvalue weighted by Crippen LogP contribution is -2.47. The Morgan fingerprint density at radius 1 is 1.58 bits per heavy atom. The number of likely N-dealkylation sites (N-methyl/N-ethyl adjacent to an activating group) is 1. The van der Waals surface area contributed by atoms with Gasteiger partial charge in [-0.2, -0.15) is 0 Å². The molecule has 1 unspecified atom stereocenters. The Morgan fingerprint density at radius 2 is 2.21 bits per heavy atom. The second kappa shape index (κ2) is 6.08. The Bertz CT molecular complexity index is 438. The molecule has 0 radical (unpaired) electrons. The van der Waals surface area contributed by atoms with Crippen LogP contribution in [0.1, 0.15) is 24.3 Å². The number of rotatable bonds is 6. The molecule has 0 saturated heterocycles. The normalized spacial score (nSPS) is 14.4. The van der Waals surface area contributed by atoms with Gasteiger partial charge in [0, 0.05) is 25.8 Å². The van der Waals surface area contributed by atoms with Crippen molar-refractivity contribution in [2.24, 2.45) is 0 Å². The molecule has 6 heteroatoms. The maximum atomic E-state index is 12.1. The predicted molar refractivity (Wildman–Crippen MR) is 76.0 cm³/mol. The molecule has 108 valence electrons. The van der Waals surface area contributed by atoms with Crippen molar-refractivity contribution in [2.45, 2.75) is 26.0 Å². The van der Waals surface area contributed by atoms with Gasteiger partial charge < -0.3 is 25.6 Å². The highest BCUT2D eigenvalue weighted by Gasteiger charge is 2.23. The third-order valence-electron chi connectivity index (χ3n) is 2.78. The van der Waals surface area contributed by atoms with Gasteiger partial charge in [0.25, 0.3) is 5.91 Å². The van der Waals surface area contributed by atoms with Gasteiger partial charge in [-0.05, 0) is 34.0 Å². The first-order chi connectivity index (χ1) is 8.75. The van der Waals surface area contributed by atoms with Crippen molar-refractivity contribution in [3.8, 4) is 0 Å². The van der Waals surface area contributed by atoms with Crippen LogP contribution in [-0.4, -0.2) is 53.3 Å². The summed E-state index contributed by atoms with van der Waals surface area (Å²) in [6, 6.07) is 1.64. The van der Waals surface area contributed by atoms with Crippen LogP contribution in [0.4, 0.5) is 5.69 Å². The number of nitrogens with zero attached hydrogens (tertiary/aromatic N) is 2. The number of carbonyl (C=O) groups excluding carboxylic acids is 1. The number of nitrogens with one attached hydrogen (secondary N) is 1. The average molecular weight is 268 g/mol. The van der Waals surface area contributed by atoms with Crippen molar-refractivity contribution in [1.82, 2.24) is 14.8 Å². The van der Waals surface area contributed by atoms with E-state index in [1.54, 1.807) is 23.8 Å². The molecule has 0 aromatic carbocycles. The Kier molecular flexibility index (Phi) is 4.97. The Morgan fingerprint density at radius 3 is 2.74 bits per heavy atom. The highest BCUT2D eigenvalue weighted by Crippen LogP contribution is 2.11. The van der Waals surface area contributed by atoms with Crippen molar-refractivity contribution in [3.63, 3.8) is 0 Å². The molecule has 1 rings (SSSR count). The predicted octanol–water partition coefficient (Wildman–Crippen LogP) is 0.133. The minimum atomic E-state index is -0.964. The summed E-state index contributed by atoms with van der Waals surface area (Å²) in [4.78, 5) is 13.9. The van der Waals surface area contributed by atoms with Crippen LogP contribution in [0.25, 0.3) is 0 Å². The summed E-state index contributed by atoms with van der Waals surface area (Å²) in [5.41, 5.74) is 5.80. The zero-order valence-corrected chi connectivity index (χ0v) is 12.1. The number of hydrogen-bond acceptors (Lipinski definition) is 4.